The molecule has 0 N–H and O–H groups in total. The first-order valence-electron chi connectivity index (χ1n) is 15.5. The van der Waals surface area contributed by atoms with E-state index in [2.05, 4.69) is 48.5 Å². The van der Waals surface area contributed by atoms with Gasteiger partial charge in [0, 0.05) is 24.7 Å². The lowest BCUT2D eigenvalue weighted by atomic mass is 9.35. The first-order valence-corrected chi connectivity index (χ1v) is 15.5. The van der Waals surface area contributed by atoms with Gasteiger partial charge in [-0.2, -0.15) is 0 Å². The Balaban J connectivity index is 1.50. The van der Waals surface area contributed by atoms with Crippen molar-refractivity contribution in [1.29, 1.82) is 0 Å². The highest BCUT2D eigenvalue weighted by atomic mass is 16.5. The predicted octanol–water partition coefficient (Wildman–Crippen LogP) is 8.43. The van der Waals surface area contributed by atoms with Crippen LogP contribution >= 0.6 is 0 Å². The number of allylic oxidation sites excluding steroid dienone is 2. The molecule has 4 nitrogen and oxygen atoms in total. The van der Waals surface area contributed by atoms with E-state index in [0.717, 1.165) is 19.3 Å². The van der Waals surface area contributed by atoms with Gasteiger partial charge >= 0.3 is 11.9 Å². The van der Waals surface area contributed by atoms with Crippen LogP contribution in [-0.4, -0.2) is 24.6 Å². The van der Waals surface area contributed by atoms with E-state index < -0.39 is 0 Å². The van der Waals surface area contributed by atoms with Crippen LogP contribution in [0, 0.1) is 44.3 Å². The van der Waals surface area contributed by atoms with Crippen LogP contribution in [0.3, 0.4) is 0 Å². The standard InChI is InChI=1S/C34H54O4/c1-22(35)37-21-30(5)16-17-31(6)18-19-33(8)25-10-11-26-29(3,4)28(38-23(2)36)13-14-32(26,7)24(25)12-15-34(33,9)27(31)20-30/h26-28H,10-21H2,1-9H3/t26-,27+,28+,30+,31+,32+,33+,34-/m0/s1. The summed E-state index contributed by atoms with van der Waals surface area (Å²) in [5, 5.41) is 0. The van der Waals surface area contributed by atoms with Crippen molar-refractivity contribution < 1.29 is 19.1 Å². The van der Waals surface area contributed by atoms with Crippen molar-refractivity contribution in [2.45, 2.75) is 139 Å². The van der Waals surface area contributed by atoms with Gasteiger partial charge in [0.2, 0.25) is 0 Å². The van der Waals surface area contributed by atoms with E-state index >= 15 is 0 Å². The van der Waals surface area contributed by atoms with Gasteiger partial charge in [0.15, 0.2) is 0 Å². The van der Waals surface area contributed by atoms with E-state index in [4.69, 9.17) is 9.47 Å². The van der Waals surface area contributed by atoms with E-state index in [-0.39, 0.29) is 45.1 Å². The number of fused-ring (bicyclic) bond motifs is 6. The molecule has 0 unspecified atom stereocenters. The highest BCUT2D eigenvalue weighted by molar-refractivity contribution is 5.66. The number of ether oxygens (including phenoxy) is 2. The molecular weight excluding hydrogens is 472 g/mol. The first-order chi connectivity index (χ1) is 17.5. The van der Waals surface area contributed by atoms with Crippen LogP contribution in [0.4, 0.5) is 0 Å². The summed E-state index contributed by atoms with van der Waals surface area (Å²) in [6.45, 7) is 21.2. The third kappa shape index (κ3) is 3.96. The van der Waals surface area contributed by atoms with Gasteiger partial charge < -0.3 is 9.47 Å². The highest BCUT2D eigenvalue weighted by Gasteiger charge is 2.66. The van der Waals surface area contributed by atoms with Gasteiger partial charge in [-0.15, -0.1) is 0 Å². The lowest BCUT2D eigenvalue weighted by molar-refractivity contribution is -0.175. The minimum absolute atomic E-state index is 0.00805. The molecule has 5 rings (SSSR count). The van der Waals surface area contributed by atoms with Gasteiger partial charge in [0.25, 0.3) is 0 Å². The van der Waals surface area contributed by atoms with Crippen molar-refractivity contribution >= 4 is 11.9 Å². The molecule has 3 fully saturated rings. The molecule has 0 aromatic carbocycles. The second kappa shape index (κ2) is 8.84. The van der Waals surface area contributed by atoms with Crippen LogP contribution < -0.4 is 0 Å². The van der Waals surface area contributed by atoms with Gasteiger partial charge in [-0.1, -0.05) is 59.6 Å². The van der Waals surface area contributed by atoms with Crippen LogP contribution in [-0.2, 0) is 19.1 Å². The SMILES string of the molecule is CC(=O)OC[C@]1(C)CC[C@]2(C)CC[C@]3(C)C4=C(CC[C@@]3(C)[C@@H]2C1)[C@@]1(C)CC[C@@H](OC(C)=O)C(C)(C)[C@@H]1CC4. The summed E-state index contributed by atoms with van der Waals surface area (Å²) in [7, 11) is 0. The fourth-order valence-electron chi connectivity index (χ4n) is 11.2. The summed E-state index contributed by atoms with van der Waals surface area (Å²) in [4.78, 5) is 23.6. The molecule has 0 heterocycles. The lowest BCUT2D eigenvalue weighted by Gasteiger charge is -2.69. The molecule has 0 bridgehead atoms. The van der Waals surface area contributed by atoms with Gasteiger partial charge in [-0.05, 0) is 104 Å². The van der Waals surface area contributed by atoms with E-state index in [0.29, 0.717) is 23.9 Å². The minimum atomic E-state index is -0.150. The zero-order valence-corrected chi connectivity index (χ0v) is 25.9. The lowest BCUT2D eigenvalue weighted by Crippen LogP contribution is -2.61. The van der Waals surface area contributed by atoms with Crippen molar-refractivity contribution in [3.05, 3.63) is 11.1 Å². The summed E-state index contributed by atoms with van der Waals surface area (Å²) >= 11 is 0. The third-order valence-corrected chi connectivity index (χ3v) is 13.7. The molecule has 0 radical (unpaired) electrons. The Morgan fingerprint density at radius 3 is 2.11 bits per heavy atom. The second-order valence-corrected chi connectivity index (χ2v) is 16.2. The Hall–Kier alpha value is -1.32. The van der Waals surface area contributed by atoms with Crippen molar-refractivity contribution in [3.8, 4) is 0 Å². The number of carbonyl (C=O) groups is 2. The Kier molecular flexibility index (Phi) is 6.56. The van der Waals surface area contributed by atoms with Crippen LogP contribution in [0.25, 0.3) is 0 Å². The maximum absolute atomic E-state index is 11.9. The minimum Gasteiger partial charge on any atom is -0.465 e. The molecule has 0 amide bonds. The molecule has 8 atom stereocenters. The molecule has 0 aliphatic heterocycles. The van der Waals surface area contributed by atoms with E-state index in [1.54, 1.807) is 25.0 Å². The molecule has 5 aliphatic rings. The third-order valence-electron chi connectivity index (χ3n) is 13.7. The van der Waals surface area contributed by atoms with Gasteiger partial charge in [-0.25, -0.2) is 0 Å². The largest absolute Gasteiger partial charge is 0.465 e. The predicted molar refractivity (Wildman–Crippen MR) is 151 cm³/mol. The van der Waals surface area contributed by atoms with Gasteiger partial charge in [0.1, 0.15) is 6.10 Å². The van der Waals surface area contributed by atoms with Gasteiger partial charge in [-0.3, -0.25) is 9.59 Å². The van der Waals surface area contributed by atoms with Crippen molar-refractivity contribution in [2.24, 2.45) is 44.3 Å². The number of hydrogen-bond donors (Lipinski definition) is 0. The number of hydrogen-bond acceptors (Lipinski definition) is 4. The van der Waals surface area contributed by atoms with Gasteiger partial charge in [0.05, 0.1) is 6.61 Å². The van der Waals surface area contributed by atoms with Crippen molar-refractivity contribution in [3.63, 3.8) is 0 Å². The second-order valence-electron chi connectivity index (χ2n) is 16.2. The quantitative estimate of drug-likeness (QED) is 0.273. The number of esters is 2. The fraction of sp³-hybridized carbons (Fsp3) is 0.882. The van der Waals surface area contributed by atoms with Crippen LogP contribution in [0.1, 0.15) is 133 Å². The zero-order valence-electron chi connectivity index (χ0n) is 25.9. The molecule has 5 aliphatic carbocycles. The summed E-state index contributed by atoms with van der Waals surface area (Å²) in [6, 6.07) is 0. The van der Waals surface area contributed by atoms with Crippen LogP contribution in [0.2, 0.25) is 0 Å². The highest BCUT2D eigenvalue weighted by Crippen LogP contribution is 2.75. The Bertz CT molecular complexity index is 1040. The molecule has 0 aromatic rings. The molecular formula is C34H54O4. The topological polar surface area (TPSA) is 52.6 Å². The molecule has 4 heteroatoms. The smallest absolute Gasteiger partial charge is 0.302 e. The maximum Gasteiger partial charge on any atom is 0.302 e. The normalized spacial score (nSPS) is 47.7. The molecule has 0 aromatic heterocycles. The Morgan fingerprint density at radius 1 is 0.763 bits per heavy atom. The molecule has 38 heavy (non-hydrogen) atoms. The molecule has 3 saturated carbocycles. The van der Waals surface area contributed by atoms with E-state index in [9.17, 15) is 9.59 Å². The van der Waals surface area contributed by atoms with Crippen LogP contribution in [0.15, 0.2) is 11.1 Å². The summed E-state index contributed by atoms with van der Waals surface area (Å²) in [5.41, 5.74) is 4.74. The molecule has 214 valence electrons. The van der Waals surface area contributed by atoms with E-state index in [1.165, 1.54) is 51.4 Å². The van der Waals surface area contributed by atoms with Crippen LogP contribution in [0.5, 0.6) is 0 Å². The first kappa shape index (κ1) is 28.2. The summed E-state index contributed by atoms with van der Waals surface area (Å²) < 4.78 is 11.5. The monoisotopic (exact) mass is 526 g/mol. The van der Waals surface area contributed by atoms with E-state index in [1.807, 2.05) is 0 Å². The number of carbonyl (C=O) groups excluding carboxylic acids is 2. The molecule has 0 saturated heterocycles. The summed E-state index contributed by atoms with van der Waals surface area (Å²) in [5.74, 6) is 0.916. The average molecular weight is 527 g/mol. The number of rotatable bonds is 3. The average Bonchev–Trinajstić information content (AvgIpc) is 2.82. The van der Waals surface area contributed by atoms with Crippen molar-refractivity contribution in [1.82, 2.24) is 0 Å². The zero-order chi connectivity index (χ0) is 27.9. The Labute approximate surface area is 232 Å². The fourth-order valence-corrected chi connectivity index (χ4v) is 11.2. The maximum atomic E-state index is 11.9. The van der Waals surface area contributed by atoms with Crippen molar-refractivity contribution in [2.75, 3.05) is 6.61 Å². The molecule has 0 spiro atoms. The Morgan fingerprint density at radius 2 is 1.45 bits per heavy atom. The summed E-state index contributed by atoms with van der Waals surface area (Å²) in [6.07, 6.45) is 13.2.